The van der Waals surface area contributed by atoms with Crippen LogP contribution in [0.25, 0.3) is 0 Å². The van der Waals surface area contributed by atoms with E-state index in [2.05, 4.69) is 59.2 Å². The van der Waals surface area contributed by atoms with Crippen molar-refractivity contribution in [2.45, 2.75) is 19.5 Å². The van der Waals surface area contributed by atoms with Gasteiger partial charge in [-0.2, -0.15) is 0 Å². The van der Waals surface area contributed by atoms with Crippen molar-refractivity contribution >= 4 is 11.6 Å². The van der Waals surface area contributed by atoms with Gasteiger partial charge in [-0.3, -0.25) is 4.79 Å². The quantitative estimate of drug-likeness (QED) is 0.697. The Bertz CT molecular complexity index is 759. The van der Waals surface area contributed by atoms with Crippen molar-refractivity contribution in [3.05, 3.63) is 102 Å². The van der Waals surface area contributed by atoms with Crippen LogP contribution in [0, 0.1) is 0 Å². The van der Waals surface area contributed by atoms with Crippen LogP contribution in [0.4, 0.5) is 5.69 Å². The maximum absolute atomic E-state index is 11.1. The first-order valence-corrected chi connectivity index (χ1v) is 8.42. The predicted octanol–water partition coefficient (Wildman–Crippen LogP) is 4.52. The van der Waals surface area contributed by atoms with Crippen molar-refractivity contribution in [3.63, 3.8) is 0 Å². The lowest BCUT2D eigenvalue weighted by Gasteiger charge is -2.20. The molecule has 3 heteroatoms. The van der Waals surface area contributed by atoms with Gasteiger partial charge < -0.3 is 10.6 Å². The minimum atomic E-state index is -0.0564. The molecule has 0 aliphatic heterocycles. The normalized spacial score (nSPS) is 10.6. The first-order valence-electron chi connectivity index (χ1n) is 8.42. The number of carbonyl (C=O) groups is 1. The number of benzene rings is 3. The molecule has 0 aliphatic carbocycles. The maximum atomic E-state index is 11.1. The van der Waals surface area contributed by atoms with Crippen molar-refractivity contribution in [1.82, 2.24) is 5.32 Å². The van der Waals surface area contributed by atoms with Crippen LogP contribution >= 0.6 is 0 Å². The lowest BCUT2D eigenvalue weighted by atomic mass is 9.98. The zero-order valence-electron chi connectivity index (χ0n) is 14.3. The molecule has 0 atom stereocenters. The summed E-state index contributed by atoms with van der Waals surface area (Å²) in [6, 6.07) is 29.0. The van der Waals surface area contributed by atoms with Crippen LogP contribution in [0.5, 0.6) is 0 Å². The Morgan fingerprint density at radius 3 is 1.80 bits per heavy atom. The number of hydrogen-bond donors (Lipinski definition) is 2. The van der Waals surface area contributed by atoms with Crippen LogP contribution in [0.3, 0.4) is 0 Å². The topological polar surface area (TPSA) is 41.1 Å². The van der Waals surface area contributed by atoms with E-state index < -0.39 is 0 Å². The zero-order chi connectivity index (χ0) is 17.5. The zero-order valence-corrected chi connectivity index (χ0v) is 14.3. The van der Waals surface area contributed by atoms with Crippen LogP contribution in [-0.4, -0.2) is 5.91 Å². The first kappa shape index (κ1) is 16.9. The fourth-order valence-corrected chi connectivity index (χ4v) is 2.85. The van der Waals surface area contributed by atoms with Gasteiger partial charge in [-0.15, -0.1) is 0 Å². The van der Waals surface area contributed by atoms with Crippen molar-refractivity contribution in [3.8, 4) is 0 Å². The molecule has 3 aromatic carbocycles. The Kier molecular flexibility index (Phi) is 5.60. The van der Waals surface area contributed by atoms with E-state index in [0.29, 0.717) is 0 Å². The molecular weight excluding hydrogens is 308 g/mol. The number of rotatable bonds is 6. The highest BCUT2D eigenvalue weighted by Gasteiger charge is 2.12. The van der Waals surface area contributed by atoms with Crippen molar-refractivity contribution < 1.29 is 4.79 Å². The van der Waals surface area contributed by atoms with E-state index in [1.165, 1.54) is 23.6 Å². The van der Waals surface area contributed by atoms with E-state index in [9.17, 15) is 4.79 Å². The summed E-state index contributed by atoms with van der Waals surface area (Å²) < 4.78 is 0. The molecule has 0 spiro atoms. The van der Waals surface area contributed by atoms with Crippen molar-refractivity contribution in [2.24, 2.45) is 0 Å². The SMILES string of the molecule is CC(=O)Nc1ccc(CNC(c2ccccc2)c2ccccc2)cc1. The summed E-state index contributed by atoms with van der Waals surface area (Å²) in [5.41, 5.74) is 4.47. The maximum Gasteiger partial charge on any atom is 0.221 e. The summed E-state index contributed by atoms with van der Waals surface area (Å²) in [5.74, 6) is -0.0564. The monoisotopic (exact) mass is 330 g/mol. The van der Waals surface area contributed by atoms with Crippen molar-refractivity contribution in [1.29, 1.82) is 0 Å². The molecular formula is C22H22N2O. The summed E-state index contributed by atoms with van der Waals surface area (Å²) in [6.45, 7) is 2.26. The summed E-state index contributed by atoms with van der Waals surface area (Å²) in [6.07, 6.45) is 0. The van der Waals surface area contributed by atoms with Gasteiger partial charge in [0.1, 0.15) is 0 Å². The molecule has 0 heterocycles. The molecule has 0 fully saturated rings. The number of nitrogens with one attached hydrogen (secondary N) is 2. The number of amides is 1. The van der Waals surface area contributed by atoms with Gasteiger partial charge in [0, 0.05) is 19.2 Å². The number of carbonyl (C=O) groups excluding carboxylic acids is 1. The smallest absolute Gasteiger partial charge is 0.221 e. The fraction of sp³-hybridized carbons (Fsp3) is 0.136. The molecule has 0 unspecified atom stereocenters. The Morgan fingerprint density at radius 1 is 0.800 bits per heavy atom. The Balaban J connectivity index is 1.74. The molecule has 0 saturated heterocycles. The van der Waals surface area contributed by atoms with Crippen LogP contribution in [0.2, 0.25) is 0 Å². The largest absolute Gasteiger partial charge is 0.326 e. The van der Waals surface area contributed by atoms with Crippen LogP contribution < -0.4 is 10.6 Å². The highest BCUT2D eigenvalue weighted by Crippen LogP contribution is 2.22. The Hall–Kier alpha value is -2.91. The molecule has 0 aliphatic rings. The second kappa shape index (κ2) is 8.27. The van der Waals surface area contributed by atoms with E-state index in [4.69, 9.17) is 0 Å². The molecule has 3 rings (SSSR count). The van der Waals surface area contributed by atoms with Gasteiger partial charge in [-0.25, -0.2) is 0 Å². The van der Waals surface area contributed by atoms with Crippen LogP contribution in [-0.2, 0) is 11.3 Å². The van der Waals surface area contributed by atoms with Gasteiger partial charge >= 0.3 is 0 Å². The van der Waals surface area contributed by atoms with Crippen LogP contribution in [0.1, 0.15) is 29.7 Å². The van der Waals surface area contributed by atoms with Crippen LogP contribution in [0.15, 0.2) is 84.9 Å². The molecule has 3 nitrogen and oxygen atoms in total. The molecule has 0 radical (unpaired) electrons. The van der Waals surface area contributed by atoms with E-state index in [1.807, 2.05) is 36.4 Å². The third kappa shape index (κ3) is 4.78. The van der Waals surface area contributed by atoms with Gasteiger partial charge in [0.2, 0.25) is 5.91 Å². The highest BCUT2D eigenvalue weighted by atomic mass is 16.1. The predicted molar refractivity (Wildman–Crippen MR) is 102 cm³/mol. The molecule has 2 N–H and O–H groups in total. The standard InChI is InChI=1S/C22H22N2O/c1-17(25)24-21-14-12-18(13-15-21)16-23-22(19-8-4-2-5-9-19)20-10-6-3-7-11-20/h2-15,22-23H,16H2,1H3,(H,24,25). The van der Waals surface area contributed by atoms with E-state index in [0.717, 1.165) is 12.2 Å². The molecule has 0 aromatic heterocycles. The molecule has 25 heavy (non-hydrogen) atoms. The highest BCUT2D eigenvalue weighted by molar-refractivity contribution is 5.88. The van der Waals surface area contributed by atoms with E-state index in [-0.39, 0.29) is 11.9 Å². The average molecular weight is 330 g/mol. The number of hydrogen-bond acceptors (Lipinski definition) is 2. The molecule has 126 valence electrons. The molecule has 3 aromatic rings. The third-order valence-corrected chi connectivity index (χ3v) is 4.05. The summed E-state index contributed by atoms with van der Waals surface area (Å²) in [7, 11) is 0. The Morgan fingerprint density at radius 2 is 1.32 bits per heavy atom. The minimum absolute atomic E-state index is 0.0564. The summed E-state index contributed by atoms with van der Waals surface area (Å²) in [4.78, 5) is 11.1. The van der Waals surface area contributed by atoms with Crippen molar-refractivity contribution in [2.75, 3.05) is 5.32 Å². The van der Waals surface area contributed by atoms with Gasteiger partial charge in [0.05, 0.1) is 6.04 Å². The lowest BCUT2D eigenvalue weighted by Crippen LogP contribution is -2.22. The number of anilines is 1. The van der Waals surface area contributed by atoms with Gasteiger partial charge in [0.15, 0.2) is 0 Å². The second-order valence-electron chi connectivity index (χ2n) is 6.01. The fourth-order valence-electron chi connectivity index (χ4n) is 2.85. The third-order valence-electron chi connectivity index (χ3n) is 4.05. The average Bonchev–Trinajstić information content (AvgIpc) is 2.65. The molecule has 1 amide bonds. The van der Waals surface area contributed by atoms with Gasteiger partial charge in [-0.1, -0.05) is 72.8 Å². The Labute approximate surface area is 148 Å². The first-order chi connectivity index (χ1) is 12.2. The summed E-state index contributed by atoms with van der Waals surface area (Å²) >= 11 is 0. The van der Waals surface area contributed by atoms with E-state index >= 15 is 0 Å². The summed E-state index contributed by atoms with van der Waals surface area (Å²) in [5, 5.41) is 6.43. The minimum Gasteiger partial charge on any atom is -0.326 e. The van der Waals surface area contributed by atoms with Gasteiger partial charge in [-0.05, 0) is 28.8 Å². The van der Waals surface area contributed by atoms with E-state index in [1.54, 1.807) is 0 Å². The lowest BCUT2D eigenvalue weighted by molar-refractivity contribution is -0.114. The molecule has 0 saturated carbocycles. The molecule has 0 bridgehead atoms. The second-order valence-corrected chi connectivity index (χ2v) is 6.01. The van der Waals surface area contributed by atoms with Gasteiger partial charge in [0.25, 0.3) is 0 Å².